The summed E-state index contributed by atoms with van der Waals surface area (Å²) in [5, 5.41) is 3.06. The molecular formula is C25H34N2O2. The van der Waals surface area contributed by atoms with Crippen molar-refractivity contribution in [3.8, 4) is 0 Å². The molecule has 2 amide bonds. The van der Waals surface area contributed by atoms with E-state index in [2.05, 4.69) is 28.4 Å². The number of likely N-dealkylation sites (tertiary alicyclic amines) is 1. The van der Waals surface area contributed by atoms with Gasteiger partial charge >= 0.3 is 0 Å². The minimum atomic E-state index is 0.0276. The second kappa shape index (κ2) is 9.60. The van der Waals surface area contributed by atoms with Crippen molar-refractivity contribution in [1.82, 2.24) is 10.2 Å². The Balaban J connectivity index is 1.19. The largest absolute Gasteiger partial charge is 0.352 e. The molecule has 0 bridgehead atoms. The highest BCUT2D eigenvalue weighted by atomic mass is 16.2. The van der Waals surface area contributed by atoms with Gasteiger partial charge in [0.2, 0.25) is 5.91 Å². The summed E-state index contributed by atoms with van der Waals surface area (Å²) in [5.41, 5.74) is 3.54. The lowest BCUT2D eigenvalue weighted by Crippen LogP contribution is -2.39. The smallest absolute Gasteiger partial charge is 0.251 e. The molecule has 0 atom stereocenters. The van der Waals surface area contributed by atoms with Crippen LogP contribution in [0.25, 0.3) is 0 Å². The minimum absolute atomic E-state index is 0.0276. The molecule has 4 heteroatoms. The van der Waals surface area contributed by atoms with Crippen LogP contribution in [0.3, 0.4) is 0 Å². The van der Waals surface area contributed by atoms with Gasteiger partial charge in [-0.3, -0.25) is 9.59 Å². The maximum absolute atomic E-state index is 12.4. The summed E-state index contributed by atoms with van der Waals surface area (Å²) in [7, 11) is 0. The van der Waals surface area contributed by atoms with Gasteiger partial charge in [0.1, 0.15) is 0 Å². The highest BCUT2D eigenvalue weighted by Crippen LogP contribution is 2.33. The second-order valence-corrected chi connectivity index (χ2v) is 9.06. The molecule has 1 heterocycles. The van der Waals surface area contributed by atoms with E-state index >= 15 is 0 Å². The number of rotatable bonds is 7. The number of piperidine rings is 1. The van der Waals surface area contributed by atoms with Gasteiger partial charge in [0, 0.05) is 31.1 Å². The Hall–Kier alpha value is -2.10. The molecule has 1 aromatic carbocycles. The molecule has 2 fully saturated rings. The number of amides is 2. The topological polar surface area (TPSA) is 49.4 Å². The van der Waals surface area contributed by atoms with Crippen molar-refractivity contribution in [3.63, 3.8) is 0 Å². The fraction of sp³-hybridized carbons (Fsp3) is 0.600. The SMILES string of the molecule is O=C(NCCC1=CCCCC1)c1ccc(CC2CCN(C(=O)C3CC3)CC2)cc1. The van der Waals surface area contributed by atoms with E-state index in [-0.39, 0.29) is 5.91 Å². The van der Waals surface area contributed by atoms with E-state index in [0.717, 1.165) is 63.7 Å². The van der Waals surface area contributed by atoms with E-state index in [1.54, 1.807) is 0 Å². The highest BCUT2D eigenvalue weighted by Gasteiger charge is 2.34. The number of benzene rings is 1. The summed E-state index contributed by atoms with van der Waals surface area (Å²) >= 11 is 0. The van der Waals surface area contributed by atoms with Crippen LogP contribution in [0.1, 0.15) is 73.7 Å². The molecule has 4 rings (SSSR count). The van der Waals surface area contributed by atoms with Crippen molar-refractivity contribution in [2.24, 2.45) is 11.8 Å². The first-order valence-electron chi connectivity index (χ1n) is 11.5. The van der Waals surface area contributed by atoms with Crippen LogP contribution in [-0.2, 0) is 11.2 Å². The van der Waals surface area contributed by atoms with E-state index in [1.165, 1.54) is 36.8 Å². The van der Waals surface area contributed by atoms with E-state index in [4.69, 9.17) is 0 Å². The van der Waals surface area contributed by atoms with Crippen LogP contribution in [0.4, 0.5) is 0 Å². The van der Waals surface area contributed by atoms with Crippen molar-refractivity contribution in [1.29, 1.82) is 0 Å². The third-order valence-corrected chi connectivity index (χ3v) is 6.71. The Morgan fingerprint density at radius 2 is 1.76 bits per heavy atom. The van der Waals surface area contributed by atoms with E-state index in [9.17, 15) is 9.59 Å². The molecule has 1 saturated heterocycles. The number of allylic oxidation sites excluding steroid dienone is 1. The summed E-state index contributed by atoms with van der Waals surface area (Å²) in [5.74, 6) is 1.39. The van der Waals surface area contributed by atoms with Crippen molar-refractivity contribution < 1.29 is 9.59 Å². The number of carbonyl (C=O) groups excluding carboxylic acids is 2. The molecule has 0 aromatic heterocycles. The van der Waals surface area contributed by atoms with Gasteiger partial charge in [0.15, 0.2) is 0 Å². The summed E-state index contributed by atoms with van der Waals surface area (Å²) in [4.78, 5) is 26.6. The third-order valence-electron chi connectivity index (χ3n) is 6.71. The van der Waals surface area contributed by atoms with Crippen molar-refractivity contribution in [2.75, 3.05) is 19.6 Å². The van der Waals surface area contributed by atoms with Crippen LogP contribution in [0.2, 0.25) is 0 Å². The zero-order valence-electron chi connectivity index (χ0n) is 17.5. The van der Waals surface area contributed by atoms with Crippen LogP contribution in [0.15, 0.2) is 35.9 Å². The minimum Gasteiger partial charge on any atom is -0.352 e. The van der Waals surface area contributed by atoms with Crippen LogP contribution < -0.4 is 5.32 Å². The number of carbonyl (C=O) groups is 2. The summed E-state index contributed by atoms with van der Waals surface area (Å²) in [6, 6.07) is 8.10. The number of hydrogen-bond donors (Lipinski definition) is 1. The van der Waals surface area contributed by atoms with Gasteiger partial charge in [-0.2, -0.15) is 0 Å². The van der Waals surface area contributed by atoms with Gasteiger partial charge in [0.05, 0.1) is 0 Å². The number of nitrogens with one attached hydrogen (secondary N) is 1. The molecule has 1 aromatic rings. The number of hydrogen-bond acceptors (Lipinski definition) is 2. The lowest BCUT2D eigenvalue weighted by molar-refractivity contribution is -0.133. The van der Waals surface area contributed by atoms with E-state index < -0.39 is 0 Å². The fourth-order valence-electron chi connectivity index (χ4n) is 4.64. The Labute approximate surface area is 174 Å². The Morgan fingerprint density at radius 1 is 1.00 bits per heavy atom. The molecule has 2 aliphatic carbocycles. The predicted octanol–water partition coefficient (Wildman–Crippen LogP) is 4.50. The molecular weight excluding hydrogens is 360 g/mol. The van der Waals surface area contributed by atoms with Crippen LogP contribution in [0.5, 0.6) is 0 Å². The normalized spacial score (nSPS) is 20.3. The van der Waals surface area contributed by atoms with Crippen LogP contribution in [0, 0.1) is 11.8 Å². The monoisotopic (exact) mass is 394 g/mol. The standard InChI is InChI=1S/C25H34N2O2/c28-24(26-15-12-19-4-2-1-3-5-19)22-8-6-20(7-9-22)18-21-13-16-27(17-14-21)25(29)23-10-11-23/h4,6-9,21,23H,1-3,5,10-18H2,(H,26,28). The molecule has 4 nitrogen and oxygen atoms in total. The Bertz CT molecular complexity index is 741. The summed E-state index contributed by atoms with van der Waals surface area (Å²) in [6.45, 7) is 2.55. The maximum atomic E-state index is 12.4. The van der Waals surface area contributed by atoms with Gasteiger partial charge < -0.3 is 10.2 Å². The molecule has 0 spiro atoms. The molecule has 1 N–H and O–H groups in total. The molecule has 0 radical (unpaired) electrons. The van der Waals surface area contributed by atoms with Crippen LogP contribution in [-0.4, -0.2) is 36.3 Å². The second-order valence-electron chi connectivity index (χ2n) is 9.06. The lowest BCUT2D eigenvalue weighted by atomic mass is 9.89. The van der Waals surface area contributed by atoms with E-state index in [1.807, 2.05) is 12.1 Å². The van der Waals surface area contributed by atoms with E-state index in [0.29, 0.717) is 17.7 Å². The van der Waals surface area contributed by atoms with Crippen molar-refractivity contribution in [3.05, 3.63) is 47.0 Å². The first-order valence-corrected chi connectivity index (χ1v) is 11.5. The first kappa shape index (κ1) is 20.2. The Morgan fingerprint density at radius 3 is 2.41 bits per heavy atom. The molecule has 0 unspecified atom stereocenters. The van der Waals surface area contributed by atoms with Gasteiger partial charge in [-0.15, -0.1) is 0 Å². The highest BCUT2D eigenvalue weighted by molar-refractivity contribution is 5.94. The lowest BCUT2D eigenvalue weighted by Gasteiger charge is -2.32. The fourth-order valence-corrected chi connectivity index (χ4v) is 4.64. The molecule has 29 heavy (non-hydrogen) atoms. The van der Waals surface area contributed by atoms with Crippen molar-refractivity contribution >= 4 is 11.8 Å². The third kappa shape index (κ3) is 5.71. The van der Waals surface area contributed by atoms with Gasteiger partial charge in [-0.1, -0.05) is 23.8 Å². The zero-order valence-corrected chi connectivity index (χ0v) is 17.5. The van der Waals surface area contributed by atoms with Gasteiger partial charge in [-0.05, 0) is 87.8 Å². The maximum Gasteiger partial charge on any atom is 0.251 e. The first-order chi connectivity index (χ1) is 14.2. The molecule has 3 aliphatic rings. The predicted molar refractivity (Wildman–Crippen MR) is 116 cm³/mol. The van der Waals surface area contributed by atoms with Crippen molar-refractivity contribution in [2.45, 2.75) is 64.2 Å². The van der Waals surface area contributed by atoms with Gasteiger partial charge in [-0.25, -0.2) is 0 Å². The molecule has 156 valence electrons. The quantitative estimate of drug-likeness (QED) is 0.692. The Kier molecular flexibility index (Phi) is 6.68. The summed E-state index contributed by atoms with van der Waals surface area (Å²) < 4.78 is 0. The average molecular weight is 395 g/mol. The molecule has 1 saturated carbocycles. The zero-order chi connectivity index (χ0) is 20.1. The summed E-state index contributed by atoms with van der Waals surface area (Å²) in [6.07, 6.45) is 13.7. The van der Waals surface area contributed by atoms with Gasteiger partial charge in [0.25, 0.3) is 5.91 Å². The van der Waals surface area contributed by atoms with Crippen LogP contribution >= 0.6 is 0 Å². The molecule has 1 aliphatic heterocycles. The number of nitrogens with zero attached hydrogens (tertiary/aromatic N) is 1. The average Bonchev–Trinajstić information content (AvgIpc) is 3.60.